The van der Waals surface area contributed by atoms with Crippen LogP contribution in [0.3, 0.4) is 0 Å². The number of halogens is 2. The Labute approximate surface area is 174 Å². The minimum Gasteiger partial charge on any atom is -0.490 e. The molecule has 8 heteroatoms. The van der Waals surface area contributed by atoms with E-state index in [2.05, 4.69) is 5.32 Å². The SMILES string of the molecule is CC(C)OCCOC(=O)NCCOc1ccc(Oc2cccc(Cl)c2)cc1Cl. The van der Waals surface area contributed by atoms with Crippen LogP contribution in [0.15, 0.2) is 42.5 Å². The average Bonchev–Trinajstić information content (AvgIpc) is 2.64. The highest BCUT2D eigenvalue weighted by molar-refractivity contribution is 6.32. The van der Waals surface area contributed by atoms with E-state index in [-0.39, 0.29) is 25.9 Å². The van der Waals surface area contributed by atoms with Crippen LogP contribution in [0.5, 0.6) is 17.2 Å². The molecule has 0 atom stereocenters. The monoisotopic (exact) mass is 427 g/mol. The first-order valence-electron chi connectivity index (χ1n) is 8.82. The molecule has 0 aliphatic heterocycles. The molecule has 0 unspecified atom stereocenters. The topological polar surface area (TPSA) is 66.0 Å². The first-order valence-corrected chi connectivity index (χ1v) is 9.57. The highest BCUT2D eigenvalue weighted by atomic mass is 35.5. The molecule has 0 radical (unpaired) electrons. The fourth-order valence-corrected chi connectivity index (χ4v) is 2.52. The Hall–Kier alpha value is -2.15. The van der Waals surface area contributed by atoms with Gasteiger partial charge in [0, 0.05) is 11.1 Å². The number of nitrogens with one attached hydrogen (secondary N) is 1. The zero-order valence-corrected chi connectivity index (χ0v) is 17.3. The lowest BCUT2D eigenvalue weighted by Gasteiger charge is -2.12. The normalized spacial score (nSPS) is 10.6. The zero-order chi connectivity index (χ0) is 20.4. The van der Waals surface area contributed by atoms with Crippen molar-refractivity contribution in [3.8, 4) is 17.2 Å². The van der Waals surface area contributed by atoms with Crippen molar-refractivity contribution in [2.75, 3.05) is 26.4 Å². The summed E-state index contributed by atoms with van der Waals surface area (Å²) in [6, 6.07) is 12.1. The number of rotatable bonds is 10. The van der Waals surface area contributed by atoms with E-state index in [1.807, 2.05) is 13.8 Å². The van der Waals surface area contributed by atoms with E-state index in [1.54, 1.807) is 42.5 Å². The van der Waals surface area contributed by atoms with Crippen molar-refractivity contribution >= 4 is 29.3 Å². The fraction of sp³-hybridized carbons (Fsp3) is 0.350. The molecule has 2 aromatic rings. The number of benzene rings is 2. The van der Waals surface area contributed by atoms with E-state index in [9.17, 15) is 4.79 Å². The van der Waals surface area contributed by atoms with E-state index < -0.39 is 6.09 Å². The van der Waals surface area contributed by atoms with Crippen LogP contribution in [-0.2, 0) is 9.47 Å². The molecule has 0 bridgehead atoms. The highest BCUT2D eigenvalue weighted by Gasteiger charge is 2.07. The molecule has 1 N–H and O–H groups in total. The molecule has 2 aromatic carbocycles. The van der Waals surface area contributed by atoms with Crippen molar-refractivity contribution in [1.29, 1.82) is 0 Å². The van der Waals surface area contributed by atoms with Gasteiger partial charge in [-0.15, -0.1) is 0 Å². The van der Waals surface area contributed by atoms with Gasteiger partial charge in [-0.2, -0.15) is 0 Å². The third-order valence-electron chi connectivity index (χ3n) is 3.33. The van der Waals surface area contributed by atoms with Crippen LogP contribution in [0.2, 0.25) is 10.0 Å². The quantitative estimate of drug-likeness (QED) is 0.519. The smallest absolute Gasteiger partial charge is 0.407 e. The molecule has 0 heterocycles. The number of alkyl carbamates (subject to hydrolysis) is 1. The van der Waals surface area contributed by atoms with Crippen LogP contribution in [0, 0.1) is 0 Å². The summed E-state index contributed by atoms with van der Waals surface area (Å²) in [5.41, 5.74) is 0. The van der Waals surface area contributed by atoms with Gasteiger partial charge in [-0.1, -0.05) is 29.3 Å². The third kappa shape index (κ3) is 8.25. The van der Waals surface area contributed by atoms with Crippen molar-refractivity contribution in [3.05, 3.63) is 52.5 Å². The molecule has 0 aliphatic rings. The van der Waals surface area contributed by atoms with Crippen molar-refractivity contribution in [3.63, 3.8) is 0 Å². The summed E-state index contributed by atoms with van der Waals surface area (Å²) in [7, 11) is 0. The summed E-state index contributed by atoms with van der Waals surface area (Å²) in [4.78, 5) is 11.5. The maximum absolute atomic E-state index is 11.5. The fourth-order valence-electron chi connectivity index (χ4n) is 2.11. The molecule has 0 saturated carbocycles. The molecule has 0 fully saturated rings. The molecule has 0 spiro atoms. The van der Waals surface area contributed by atoms with Gasteiger partial charge in [-0.3, -0.25) is 0 Å². The standard InChI is InChI=1S/C20H23Cl2NO5/c1-14(2)25-10-11-27-20(24)23-8-9-26-19-7-6-17(13-18(19)22)28-16-5-3-4-15(21)12-16/h3-7,12-14H,8-11H2,1-2H3,(H,23,24). The summed E-state index contributed by atoms with van der Waals surface area (Å²) >= 11 is 12.2. The second-order valence-electron chi connectivity index (χ2n) is 5.98. The molecular weight excluding hydrogens is 405 g/mol. The lowest BCUT2D eigenvalue weighted by Crippen LogP contribution is -2.29. The van der Waals surface area contributed by atoms with E-state index in [0.29, 0.717) is 33.9 Å². The van der Waals surface area contributed by atoms with Gasteiger partial charge < -0.3 is 24.3 Å². The number of hydrogen-bond donors (Lipinski definition) is 1. The maximum Gasteiger partial charge on any atom is 0.407 e. The van der Waals surface area contributed by atoms with E-state index >= 15 is 0 Å². The van der Waals surface area contributed by atoms with Gasteiger partial charge in [0.15, 0.2) is 0 Å². The molecule has 0 aromatic heterocycles. The van der Waals surface area contributed by atoms with Crippen LogP contribution in [0.25, 0.3) is 0 Å². The van der Waals surface area contributed by atoms with Gasteiger partial charge in [0.2, 0.25) is 0 Å². The molecule has 28 heavy (non-hydrogen) atoms. The van der Waals surface area contributed by atoms with Crippen molar-refractivity contribution in [1.82, 2.24) is 5.32 Å². The lowest BCUT2D eigenvalue weighted by atomic mass is 10.3. The van der Waals surface area contributed by atoms with E-state index in [1.165, 1.54) is 0 Å². The summed E-state index contributed by atoms with van der Waals surface area (Å²) in [5, 5.41) is 3.57. The number of carbonyl (C=O) groups is 1. The second-order valence-corrected chi connectivity index (χ2v) is 6.83. The van der Waals surface area contributed by atoms with Crippen LogP contribution in [-0.4, -0.2) is 38.6 Å². The summed E-state index contributed by atoms with van der Waals surface area (Å²) in [5.74, 6) is 1.66. The predicted molar refractivity (Wildman–Crippen MR) is 109 cm³/mol. The highest BCUT2D eigenvalue weighted by Crippen LogP contribution is 2.31. The average molecular weight is 428 g/mol. The Balaban J connectivity index is 1.71. The van der Waals surface area contributed by atoms with Gasteiger partial charge in [0.05, 0.1) is 24.3 Å². The van der Waals surface area contributed by atoms with Gasteiger partial charge in [0.1, 0.15) is 30.5 Å². The van der Waals surface area contributed by atoms with Crippen LogP contribution >= 0.6 is 23.2 Å². The Bertz CT molecular complexity index is 770. The summed E-state index contributed by atoms with van der Waals surface area (Å²) < 4.78 is 21.5. The van der Waals surface area contributed by atoms with E-state index in [4.69, 9.17) is 42.1 Å². The van der Waals surface area contributed by atoms with Crippen molar-refractivity contribution in [2.45, 2.75) is 20.0 Å². The number of hydrogen-bond acceptors (Lipinski definition) is 5. The number of carbonyl (C=O) groups excluding carboxylic acids is 1. The van der Waals surface area contributed by atoms with Crippen LogP contribution in [0.4, 0.5) is 4.79 Å². The van der Waals surface area contributed by atoms with Gasteiger partial charge in [0.25, 0.3) is 0 Å². The first-order chi connectivity index (χ1) is 13.4. The Kier molecular flexibility index (Phi) is 9.20. The molecule has 0 aliphatic carbocycles. The number of amides is 1. The summed E-state index contributed by atoms with van der Waals surface area (Å²) in [6.45, 7) is 4.91. The molecule has 0 saturated heterocycles. The Morgan fingerprint density at radius 3 is 2.54 bits per heavy atom. The minimum absolute atomic E-state index is 0.104. The molecular formula is C20H23Cl2NO5. The first kappa shape index (κ1) is 22.1. The van der Waals surface area contributed by atoms with Crippen LogP contribution in [0.1, 0.15) is 13.8 Å². The zero-order valence-electron chi connectivity index (χ0n) is 15.7. The van der Waals surface area contributed by atoms with Crippen LogP contribution < -0.4 is 14.8 Å². The van der Waals surface area contributed by atoms with Crippen molar-refractivity contribution in [2.24, 2.45) is 0 Å². The molecule has 152 valence electrons. The predicted octanol–water partition coefficient (Wildman–Crippen LogP) is 5.32. The van der Waals surface area contributed by atoms with Gasteiger partial charge >= 0.3 is 6.09 Å². The lowest BCUT2D eigenvalue weighted by molar-refractivity contribution is 0.0393. The summed E-state index contributed by atoms with van der Waals surface area (Å²) in [6.07, 6.45) is -0.417. The minimum atomic E-state index is -0.521. The molecule has 2 rings (SSSR count). The number of ether oxygens (including phenoxy) is 4. The Morgan fingerprint density at radius 2 is 1.82 bits per heavy atom. The molecule has 6 nitrogen and oxygen atoms in total. The largest absolute Gasteiger partial charge is 0.490 e. The third-order valence-corrected chi connectivity index (χ3v) is 3.86. The maximum atomic E-state index is 11.5. The molecule has 1 amide bonds. The van der Waals surface area contributed by atoms with Gasteiger partial charge in [-0.25, -0.2) is 4.79 Å². The van der Waals surface area contributed by atoms with Crippen molar-refractivity contribution < 1.29 is 23.7 Å². The van der Waals surface area contributed by atoms with Gasteiger partial charge in [-0.05, 0) is 44.2 Å². The Morgan fingerprint density at radius 1 is 1.04 bits per heavy atom. The van der Waals surface area contributed by atoms with E-state index in [0.717, 1.165) is 0 Å². The second kappa shape index (κ2) is 11.6.